The van der Waals surface area contributed by atoms with Crippen molar-refractivity contribution in [3.05, 3.63) is 291 Å². The average molecular weight is 2260 g/mol. The molecule has 12 aromatic heterocycles. The maximum absolute atomic E-state index is 12.9. The van der Waals surface area contributed by atoms with Gasteiger partial charge in [0, 0.05) is 156 Å². The molecule has 760 valence electrons. The van der Waals surface area contributed by atoms with Crippen LogP contribution in [0.2, 0.25) is 40.2 Å². The Hall–Kier alpha value is -10.6. The Morgan fingerprint density at radius 2 is 0.628 bits per heavy atom. The molecule has 4 saturated heterocycles. The first-order valence-corrected chi connectivity index (χ1v) is 56.5. The van der Waals surface area contributed by atoms with Crippen LogP contribution >= 0.6 is 140 Å². The highest BCUT2D eigenvalue weighted by Gasteiger charge is 2.52. The molecule has 4 aliphatic carbocycles. The quantitative estimate of drug-likeness (QED) is 0.0445. The largest absolute Gasteiger partial charge is 0.388 e. The van der Waals surface area contributed by atoms with Crippen molar-refractivity contribution in [2.45, 2.75) is 163 Å². The van der Waals surface area contributed by atoms with Crippen LogP contribution in [0, 0.1) is 44.3 Å². The number of primary sulfonamides is 2. The summed E-state index contributed by atoms with van der Waals surface area (Å²) in [5.41, 5.74) is 38.3. The molecule has 4 aliphatic heterocycles. The monoisotopic (exact) mass is 2250 g/mol. The summed E-state index contributed by atoms with van der Waals surface area (Å²) < 4.78 is 58.6. The Morgan fingerprint density at radius 1 is 0.358 bits per heavy atom. The number of pyridine rings is 8. The SMILES string of the molecule is N#Cc1cc(N2CCC3(CC2)Cc2ncccc2C3N)n2c(CO)nnc2c1Sc1cccc(Cl)c1Cl.N#Cc1cc(N2CCC3(CC2)Cc2ncccc2C3N)n2cnnc2c1Sc1cccc(Cl)c1Cl.NC1c2cccnc2CC12CCN(c1cc(S(N)(=O)=O)c(Sc3cccc(Cl)c3Cl)c3nnc(CO)n13)CC2.NC1c2cccnc2CC12CCN(c1cc(S(N)(=O)=O)c(Sc3cccc(Cl)c3Cl)c3nncn13)CC2. The standard InChI is InChI=1S/C26H23Cl2N7OS.C25H25Cl2N7O3S2.C25H21Cl2N7S.C24H23Cl2N7O2S2/c27-17-4-1-5-19(22(17)28)37-23-15(13-29)11-21(35-20(14-36)32-33-25(23)35)34-9-6-26(7-10-34)12-18-16(24(26)30)3-2-8-31-18;26-15-4-1-5-17(21(15)27)38-22-18(39(29,36)37)11-20(34-19(13-35)31-32-24(22)34)33-9-6-25(7-10-33)12-16-14(23(25)28)3-2-8-30-16;26-17-4-1-5-19(21(17)27)35-22-15(13-28)11-20(34-14-31-32-24(22)34)33-9-6-25(7-10-33)12-18-16(23(25)29)3-2-8-30-18;25-15-4-1-5-17(20(15)26)36-21-18(37(28,34)35)11-19(33-13-30-31-23(21)33)32-9-6-24(7-10-32)12-16-14(22(24)27)3-2-8-29-16/h1-5,8,11,24,36H,6-7,9-10,12,14,30H2;1-5,8,11,23,35H,6-7,9-10,12-13,28H2,(H2,29,36,37);1-5,8,11,14,23H,6-7,9-10,12,29H2;1-5,8,11,13,22H,6-7,9-10,12,27H2,(H2,28,34,35). The van der Waals surface area contributed by atoms with Gasteiger partial charge < -0.3 is 52.7 Å². The number of fused-ring (bicyclic) bond motifs is 8. The number of rotatable bonds is 16. The van der Waals surface area contributed by atoms with E-state index in [0.29, 0.717) is 136 Å². The van der Waals surface area contributed by atoms with Gasteiger partial charge in [0.25, 0.3) is 0 Å². The zero-order chi connectivity index (χ0) is 103. The molecule has 0 saturated carbocycles. The number of aliphatic hydroxyl groups is 2. The van der Waals surface area contributed by atoms with Crippen molar-refractivity contribution in [3.8, 4) is 12.1 Å². The summed E-state index contributed by atoms with van der Waals surface area (Å²) in [4.78, 5) is 31.3. The molecule has 34 nitrogen and oxygen atoms in total. The number of aliphatic hydroxyl groups excluding tert-OH is 2. The molecule has 16 aromatic rings. The maximum Gasteiger partial charge on any atom is 0.239 e. The van der Waals surface area contributed by atoms with Crippen LogP contribution in [0.15, 0.2) is 232 Å². The van der Waals surface area contributed by atoms with E-state index in [-0.39, 0.29) is 83.6 Å². The van der Waals surface area contributed by atoms with Crippen molar-refractivity contribution in [3.63, 3.8) is 0 Å². The van der Waals surface area contributed by atoms with Crippen molar-refractivity contribution in [2.24, 2.45) is 54.9 Å². The van der Waals surface area contributed by atoms with Crippen LogP contribution in [0.25, 0.3) is 22.6 Å². The molecule has 16 heterocycles. The van der Waals surface area contributed by atoms with Gasteiger partial charge in [-0.3, -0.25) is 37.5 Å². The number of nitriles is 2. The van der Waals surface area contributed by atoms with Gasteiger partial charge in [-0.1, -0.05) is 188 Å². The Bertz CT molecular complexity index is 8290. The van der Waals surface area contributed by atoms with Gasteiger partial charge in [-0.25, -0.2) is 27.1 Å². The lowest BCUT2D eigenvalue weighted by Crippen LogP contribution is -2.45. The lowest BCUT2D eigenvalue weighted by Gasteiger charge is -2.43. The summed E-state index contributed by atoms with van der Waals surface area (Å²) in [5.74, 6) is 3.54. The number of benzene rings is 4. The Morgan fingerprint density at radius 3 is 0.939 bits per heavy atom. The summed E-state index contributed by atoms with van der Waals surface area (Å²) in [7, 11) is -8.30. The molecule has 4 spiro atoms. The Labute approximate surface area is 907 Å². The van der Waals surface area contributed by atoms with Gasteiger partial charge in [0.2, 0.25) is 20.0 Å². The van der Waals surface area contributed by atoms with Crippen LogP contribution in [0.3, 0.4) is 0 Å². The van der Waals surface area contributed by atoms with Gasteiger partial charge in [-0.15, -0.1) is 40.8 Å². The smallest absolute Gasteiger partial charge is 0.239 e. The molecule has 148 heavy (non-hydrogen) atoms. The fourth-order valence-corrected chi connectivity index (χ4v) is 30.1. The predicted octanol–water partition coefficient (Wildman–Crippen LogP) is 17.7. The molecule has 14 N–H and O–H groups in total. The van der Waals surface area contributed by atoms with E-state index in [1.54, 1.807) is 82.3 Å². The highest BCUT2D eigenvalue weighted by atomic mass is 35.5. The van der Waals surface area contributed by atoms with Gasteiger partial charge in [0.1, 0.15) is 71.1 Å². The molecule has 0 radical (unpaired) electrons. The maximum atomic E-state index is 12.9. The topological polar surface area (TPSA) is 498 Å². The van der Waals surface area contributed by atoms with E-state index < -0.39 is 26.7 Å². The highest BCUT2D eigenvalue weighted by molar-refractivity contribution is 8.01. The summed E-state index contributed by atoms with van der Waals surface area (Å²) in [6.07, 6.45) is 20.9. The molecule has 24 rings (SSSR count). The molecule has 4 atom stereocenters. The van der Waals surface area contributed by atoms with Gasteiger partial charge >= 0.3 is 0 Å². The second kappa shape index (κ2) is 41.5. The molecule has 4 aromatic carbocycles. The zero-order valence-corrected chi connectivity index (χ0v) is 89.4. The fourth-order valence-electron chi connectivity index (χ4n) is 22.1. The number of hydrogen-bond donors (Lipinski definition) is 8. The van der Waals surface area contributed by atoms with Crippen LogP contribution in [0.5, 0.6) is 0 Å². The van der Waals surface area contributed by atoms with Crippen LogP contribution in [-0.2, 0) is 58.9 Å². The molecular weight excluding hydrogens is 2170 g/mol. The van der Waals surface area contributed by atoms with E-state index in [4.69, 9.17) is 126 Å². The number of aromatic nitrogens is 16. The molecular formula is C100H92Cl8N28O6S6. The molecule has 4 unspecified atom stereocenters. The number of nitrogens with two attached hydrogens (primary N) is 6. The lowest BCUT2D eigenvalue weighted by molar-refractivity contribution is 0.186. The van der Waals surface area contributed by atoms with Crippen molar-refractivity contribution in [1.82, 2.24) is 78.3 Å². The first-order chi connectivity index (χ1) is 71.3. The number of halogens is 8. The number of piperidine rings is 4. The summed E-state index contributed by atoms with van der Waals surface area (Å²) >= 11 is 55.4. The third-order valence-corrected chi connectivity index (χ3v) is 40.6. The van der Waals surface area contributed by atoms with Gasteiger partial charge in [0.15, 0.2) is 34.2 Å². The molecule has 4 fully saturated rings. The predicted molar refractivity (Wildman–Crippen MR) is 573 cm³/mol. The fraction of sp³-hybridized carbons (Fsp3) is 0.300. The Kier molecular flexibility index (Phi) is 29.0. The summed E-state index contributed by atoms with van der Waals surface area (Å²) in [6.45, 7) is 5.05. The van der Waals surface area contributed by atoms with E-state index >= 15 is 0 Å². The summed E-state index contributed by atoms with van der Waals surface area (Å²) in [6, 6.07) is 48.4. The van der Waals surface area contributed by atoms with Crippen LogP contribution in [0.1, 0.15) is 143 Å². The number of hydrogen-bond acceptors (Lipinski definition) is 32. The minimum atomic E-state index is -4.19. The second-order valence-corrected chi connectivity index (χ2v) is 48.3. The first-order valence-electron chi connectivity index (χ1n) is 47.1. The van der Waals surface area contributed by atoms with E-state index in [2.05, 4.69) is 111 Å². The third-order valence-electron chi connectivity index (χ3n) is 30.1. The lowest BCUT2D eigenvalue weighted by atomic mass is 9.73. The van der Waals surface area contributed by atoms with Gasteiger partial charge in [0.05, 0.1) is 70.9 Å². The van der Waals surface area contributed by atoms with E-state index in [9.17, 15) is 37.6 Å². The van der Waals surface area contributed by atoms with Crippen molar-refractivity contribution in [1.29, 1.82) is 10.5 Å². The van der Waals surface area contributed by atoms with Crippen molar-refractivity contribution >= 4 is 206 Å². The molecule has 48 heteroatoms. The first kappa shape index (κ1) is 103. The number of anilines is 4. The van der Waals surface area contributed by atoms with E-state index in [1.807, 2.05) is 94.1 Å². The van der Waals surface area contributed by atoms with Crippen LogP contribution in [0.4, 0.5) is 23.3 Å². The van der Waals surface area contributed by atoms with Crippen LogP contribution < -0.4 is 52.8 Å². The van der Waals surface area contributed by atoms with E-state index in [1.165, 1.54) is 35.2 Å². The molecule has 0 amide bonds. The molecule has 0 bridgehead atoms. The van der Waals surface area contributed by atoms with Gasteiger partial charge in [-0.05, 0) is 206 Å². The highest BCUT2D eigenvalue weighted by Crippen LogP contribution is 2.58. The van der Waals surface area contributed by atoms with Crippen molar-refractivity contribution < 1.29 is 27.0 Å². The molecule has 8 aliphatic rings. The van der Waals surface area contributed by atoms with Crippen LogP contribution in [-0.4, -0.2) is 158 Å². The zero-order valence-electron chi connectivity index (χ0n) is 78.5. The number of sulfonamides is 2. The average Bonchev–Trinajstić information content (AvgIpc) is 1.07. The minimum absolute atomic E-state index is 0.000768. The second-order valence-electron chi connectivity index (χ2n) is 37.9. The normalized spacial score (nSPS) is 18.7. The van der Waals surface area contributed by atoms with Crippen molar-refractivity contribution in [2.75, 3.05) is 72.0 Å². The third kappa shape index (κ3) is 18.9. The van der Waals surface area contributed by atoms with Gasteiger partial charge in [-0.2, -0.15) is 10.5 Å². The number of nitrogens with zero attached hydrogens (tertiary/aromatic N) is 22. The Balaban J connectivity index is 0.000000116. The minimum Gasteiger partial charge on any atom is -0.388 e. The summed E-state index contributed by atoms with van der Waals surface area (Å²) in [5, 5.41) is 88.6. The van der Waals surface area contributed by atoms with E-state index in [0.717, 1.165) is 183 Å².